The monoisotopic (exact) mass is 376 g/mol. The Kier molecular flexibility index (Phi) is 4.79. The van der Waals surface area contributed by atoms with E-state index in [9.17, 15) is 28.1 Å². The number of carboxylic acids is 1. The van der Waals surface area contributed by atoms with Crippen LogP contribution in [0.2, 0.25) is 5.15 Å². The molecule has 0 spiro atoms. The van der Waals surface area contributed by atoms with Crippen LogP contribution in [0.4, 0.5) is 18.9 Å². The molecule has 0 amide bonds. The van der Waals surface area contributed by atoms with Crippen LogP contribution >= 0.6 is 11.6 Å². The van der Waals surface area contributed by atoms with E-state index in [-0.39, 0.29) is 10.8 Å². The molecule has 0 radical (unpaired) electrons. The Hall–Kier alpha value is -2.95. The molecular weight excluding hydrogens is 369 g/mol. The average molecular weight is 377 g/mol. The van der Waals surface area contributed by atoms with E-state index >= 15 is 0 Å². The van der Waals surface area contributed by atoms with Gasteiger partial charge in [-0.1, -0.05) is 11.6 Å². The van der Waals surface area contributed by atoms with Crippen molar-refractivity contribution in [3.8, 4) is 0 Å². The molecule has 2 rings (SSSR count). The van der Waals surface area contributed by atoms with Crippen molar-refractivity contribution < 1.29 is 28.0 Å². The van der Waals surface area contributed by atoms with Crippen molar-refractivity contribution in [1.82, 2.24) is 14.8 Å². The Morgan fingerprint density at radius 3 is 2.60 bits per heavy atom. The zero-order chi connectivity index (χ0) is 18.9. The summed E-state index contributed by atoms with van der Waals surface area (Å²) in [6.07, 6.45) is -2.12. The molecule has 132 valence electrons. The fourth-order valence-electron chi connectivity index (χ4n) is 1.91. The number of nitrogens with zero attached hydrogens (tertiary/aromatic N) is 4. The first-order valence-corrected chi connectivity index (χ1v) is 6.75. The number of aromatic carboxylic acids is 1. The number of carbonyl (C=O) groups is 1. The number of pyridine rings is 1. The van der Waals surface area contributed by atoms with Crippen LogP contribution in [0, 0.1) is 10.1 Å². The standard InChI is InChI=1S/C13H8ClF3N4O4/c1-20-11(14)7(10(19-20)13(15,16)17)2-3-9-8(12(22)23)4-6(5-18-9)21(24)25/h2-5H,1H3,(H,22,23)/b3-2+. The Bertz CT molecular complexity index is 892. The second kappa shape index (κ2) is 6.51. The van der Waals surface area contributed by atoms with E-state index in [1.54, 1.807) is 0 Å². The maximum Gasteiger partial charge on any atom is 0.435 e. The molecule has 0 unspecified atom stereocenters. The smallest absolute Gasteiger partial charge is 0.435 e. The van der Waals surface area contributed by atoms with Crippen molar-refractivity contribution >= 4 is 35.4 Å². The van der Waals surface area contributed by atoms with Gasteiger partial charge in [-0.2, -0.15) is 18.3 Å². The SMILES string of the molecule is Cn1nc(C(F)(F)F)c(/C=C/c2ncc([N+](=O)[O-])cc2C(=O)O)c1Cl. The first-order valence-electron chi connectivity index (χ1n) is 6.38. The number of rotatable bonds is 4. The van der Waals surface area contributed by atoms with Gasteiger partial charge in [-0.05, 0) is 12.2 Å². The van der Waals surface area contributed by atoms with Gasteiger partial charge in [0.2, 0.25) is 0 Å². The number of hydrogen-bond donors (Lipinski definition) is 1. The molecule has 8 nitrogen and oxygen atoms in total. The third-order valence-electron chi connectivity index (χ3n) is 3.03. The van der Waals surface area contributed by atoms with Gasteiger partial charge >= 0.3 is 12.1 Å². The van der Waals surface area contributed by atoms with Crippen LogP contribution in [0.15, 0.2) is 12.3 Å². The van der Waals surface area contributed by atoms with Gasteiger partial charge in [0.15, 0.2) is 5.69 Å². The van der Waals surface area contributed by atoms with Crippen LogP contribution in [0.3, 0.4) is 0 Å². The fraction of sp³-hybridized carbons (Fsp3) is 0.154. The third-order valence-corrected chi connectivity index (χ3v) is 3.48. The van der Waals surface area contributed by atoms with Crippen LogP contribution in [0.25, 0.3) is 12.2 Å². The van der Waals surface area contributed by atoms with E-state index < -0.39 is 39.6 Å². The summed E-state index contributed by atoms with van der Waals surface area (Å²) in [7, 11) is 1.21. The Labute approximate surface area is 142 Å². The van der Waals surface area contributed by atoms with Gasteiger partial charge in [0, 0.05) is 18.7 Å². The lowest BCUT2D eigenvalue weighted by Gasteiger charge is -2.03. The predicted octanol–water partition coefficient (Wildman–Crippen LogP) is 3.26. The lowest BCUT2D eigenvalue weighted by atomic mass is 10.1. The van der Waals surface area contributed by atoms with Crippen molar-refractivity contribution in [2.45, 2.75) is 6.18 Å². The molecule has 0 saturated heterocycles. The number of carboxylic acid groups (broad SMARTS) is 1. The minimum Gasteiger partial charge on any atom is -0.478 e. The number of nitro groups is 1. The van der Waals surface area contributed by atoms with E-state index in [1.807, 2.05) is 0 Å². The van der Waals surface area contributed by atoms with Gasteiger partial charge in [0.25, 0.3) is 5.69 Å². The van der Waals surface area contributed by atoms with Crippen LogP contribution in [0.1, 0.15) is 27.3 Å². The summed E-state index contributed by atoms with van der Waals surface area (Å²) in [5, 5.41) is 22.7. The molecule has 2 aromatic heterocycles. The maximum atomic E-state index is 13.0. The van der Waals surface area contributed by atoms with Crippen LogP contribution < -0.4 is 0 Å². The van der Waals surface area contributed by atoms with E-state index in [4.69, 9.17) is 16.7 Å². The molecule has 0 aliphatic rings. The first kappa shape index (κ1) is 18.4. The van der Waals surface area contributed by atoms with Gasteiger partial charge < -0.3 is 5.11 Å². The summed E-state index contributed by atoms with van der Waals surface area (Å²) in [6, 6.07) is 0.754. The summed E-state index contributed by atoms with van der Waals surface area (Å²) in [5.41, 5.74) is -3.11. The Morgan fingerprint density at radius 1 is 1.44 bits per heavy atom. The molecule has 12 heteroatoms. The quantitative estimate of drug-likeness (QED) is 0.647. The maximum absolute atomic E-state index is 13.0. The summed E-state index contributed by atoms with van der Waals surface area (Å²) >= 11 is 5.78. The summed E-state index contributed by atoms with van der Waals surface area (Å²) in [4.78, 5) is 24.6. The molecule has 0 fully saturated rings. The minimum atomic E-state index is -4.77. The fourth-order valence-corrected chi connectivity index (χ4v) is 2.10. The molecular formula is C13H8ClF3N4O4. The zero-order valence-corrected chi connectivity index (χ0v) is 13.0. The van der Waals surface area contributed by atoms with Gasteiger partial charge in [-0.15, -0.1) is 0 Å². The van der Waals surface area contributed by atoms with Gasteiger partial charge in [-0.25, -0.2) is 9.78 Å². The summed E-state index contributed by atoms with van der Waals surface area (Å²) in [5.74, 6) is -1.52. The first-order chi connectivity index (χ1) is 11.5. The second-order valence-electron chi connectivity index (χ2n) is 4.70. The molecule has 0 aliphatic heterocycles. The lowest BCUT2D eigenvalue weighted by molar-refractivity contribution is -0.385. The van der Waals surface area contributed by atoms with Crippen LogP contribution in [-0.4, -0.2) is 30.8 Å². The van der Waals surface area contributed by atoms with Gasteiger partial charge in [-0.3, -0.25) is 14.8 Å². The molecule has 1 N–H and O–H groups in total. The highest BCUT2D eigenvalue weighted by Crippen LogP contribution is 2.35. The predicted molar refractivity (Wildman–Crippen MR) is 80.0 cm³/mol. The van der Waals surface area contributed by atoms with Crippen molar-refractivity contribution in [2.24, 2.45) is 7.05 Å². The van der Waals surface area contributed by atoms with Crippen LogP contribution in [-0.2, 0) is 13.2 Å². The average Bonchev–Trinajstić information content (AvgIpc) is 2.80. The molecule has 0 aliphatic carbocycles. The van der Waals surface area contributed by atoms with E-state index in [0.717, 1.165) is 29.1 Å². The summed E-state index contributed by atoms with van der Waals surface area (Å²) < 4.78 is 39.7. The van der Waals surface area contributed by atoms with Crippen LogP contribution in [0.5, 0.6) is 0 Å². The third kappa shape index (κ3) is 3.76. The van der Waals surface area contributed by atoms with Crippen molar-refractivity contribution in [2.75, 3.05) is 0 Å². The highest BCUT2D eigenvalue weighted by Gasteiger charge is 2.38. The van der Waals surface area contributed by atoms with Gasteiger partial charge in [0.05, 0.1) is 16.2 Å². The Morgan fingerprint density at radius 2 is 2.08 bits per heavy atom. The topological polar surface area (TPSA) is 111 Å². The van der Waals surface area contributed by atoms with Crippen molar-refractivity contribution in [3.63, 3.8) is 0 Å². The zero-order valence-electron chi connectivity index (χ0n) is 12.3. The van der Waals surface area contributed by atoms with E-state index in [0.29, 0.717) is 0 Å². The number of aryl methyl sites for hydroxylation is 1. The molecule has 2 aromatic rings. The molecule has 2 heterocycles. The summed E-state index contributed by atoms with van der Waals surface area (Å²) in [6.45, 7) is 0. The number of hydrogen-bond acceptors (Lipinski definition) is 5. The highest BCUT2D eigenvalue weighted by atomic mass is 35.5. The minimum absolute atomic E-state index is 0.272. The number of aromatic nitrogens is 3. The molecule has 0 atom stereocenters. The van der Waals surface area contributed by atoms with Gasteiger partial charge in [0.1, 0.15) is 11.3 Å². The van der Waals surface area contributed by atoms with E-state index in [2.05, 4.69) is 10.1 Å². The number of alkyl halides is 3. The van der Waals surface area contributed by atoms with Crippen molar-refractivity contribution in [1.29, 1.82) is 0 Å². The van der Waals surface area contributed by atoms with Crippen molar-refractivity contribution in [3.05, 3.63) is 50.0 Å². The molecule has 0 bridgehead atoms. The molecule has 0 aromatic carbocycles. The van der Waals surface area contributed by atoms with E-state index in [1.165, 1.54) is 7.05 Å². The largest absolute Gasteiger partial charge is 0.478 e. The second-order valence-corrected chi connectivity index (χ2v) is 5.05. The normalized spacial score (nSPS) is 11.9. The lowest BCUT2D eigenvalue weighted by Crippen LogP contribution is -2.08. The highest BCUT2D eigenvalue weighted by molar-refractivity contribution is 6.31. The molecule has 25 heavy (non-hydrogen) atoms. The molecule has 0 saturated carbocycles. The number of halogens is 4. The Balaban J connectivity index is 2.54.